The van der Waals surface area contributed by atoms with Crippen molar-refractivity contribution in [3.05, 3.63) is 36.5 Å². The van der Waals surface area contributed by atoms with Crippen LogP contribution in [0.1, 0.15) is 32.6 Å². The van der Waals surface area contributed by atoms with Gasteiger partial charge in [-0.2, -0.15) is 0 Å². The molecule has 1 atom stereocenters. The molecule has 0 aliphatic rings. The Kier molecular flexibility index (Phi) is 5.69. The van der Waals surface area contributed by atoms with Crippen LogP contribution in [-0.4, -0.2) is 17.4 Å². The van der Waals surface area contributed by atoms with Crippen LogP contribution >= 0.6 is 0 Å². The van der Waals surface area contributed by atoms with Crippen LogP contribution in [0.15, 0.2) is 36.5 Å². The van der Waals surface area contributed by atoms with Crippen LogP contribution in [0.3, 0.4) is 0 Å². The van der Waals surface area contributed by atoms with Crippen LogP contribution < -0.4 is 11.1 Å². The van der Waals surface area contributed by atoms with Gasteiger partial charge >= 0.3 is 0 Å². The van der Waals surface area contributed by atoms with Gasteiger partial charge in [-0.05, 0) is 49.6 Å². The van der Waals surface area contributed by atoms with Gasteiger partial charge in [0.2, 0.25) is 5.91 Å². The molecule has 4 nitrogen and oxygen atoms in total. The highest BCUT2D eigenvalue weighted by Crippen LogP contribution is 2.18. The molecule has 112 valence electrons. The smallest absolute Gasteiger partial charge is 0.224 e. The summed E-state index contributed by atoms with van der Waals surface area (Å²) < 4.78 is 0. The van der Waals surface area contributed by atoms with E-state index in [4.69, 9.17) is 5.73 Å². The first-order chi connectivity index (χ1) is 10.2. The minimum absolute atomic E-state index is 0.0636. The van der Waals surface area contributed by atoms with Crippen molar-refractivity contribution in [2.75, 3.05) is 11.9 Å². The summed E-state index contributed by atoms with van der Waals surface area (Å²) >= 11 is 0. The molecule has 1 heterocycles. The third-order valence-corrected chi connectivity index (χ3v) is 3.82. The Morgan fingerprint density at radius 3 is 2.95 bits per heavy atom. The molecule has 21 heavy (non-hydrogen) atoms. The van der Waals surface area contributed by atoms with Crippen LogP contribution in [0.5, 0.6) is 0 Å². The first-order valence-electron chi connectivity index (χ1n) is 7.57. The lowest BCUT2D eigenvalue weighted by atomic mass is 9.96. The number of hydrogen-bond donors (Lipinski definition) is 2. The Hall–Kier alpha value is -1.94. The van der Waals surface area contributed by atoms with Crippen LogP contribution in [0, 0.1) is 5.92 Å². The van der Waals surface area contributed by atoms with Crippen molar-refractivity contribution in [3.8, 4) is 0 Å². The Morgan fingerprint density at radius 2 is 2.19 bits per heavy atom. The summed E-state index contributed by atoms with van der Waals surface area (Å²) in [5, 5.41) is 3.99. The minimum Gasteiger partial charge on any atom is -0.330 e. The highest BCUT2D eigenvalue weighted by atomic mass is 16.1. The third kappa shape index (κ3) is 4.53. The summed E-state index contributed by atoms with van der Waals surface area (Å²) in [7, 11) is 0. The molecule has 0 aliphatic heterocycles. The molecule has 1 aromatic carbocycles. The predicted octanol–water partition coefficient (Wildman–Crippen LogP) is 3.33. The number of fused-ring (bicyclic) bond motifs is 1. The van der Waals surface area contributed by atoms with Gasteiger partial charge in [0.05, 0.1) is 5.52 Å². The van der Waals surface area contributed by atoms with Crippen molar-refractivity contribution in [1.82, 2.24) is 4.98 Å². The van der Waals surface area contributed by atoms with Crippen molar-refractivity contribution in [3.63, 3.8) is 0 Å². The lowest BCUT2D eigenvalue weighted by molar-refractivity contribution is -0.116. The number of hydrogen-bond acceptors (Lipinski definition) is 3. The summed E-state index contributed by atoms with van der Waals surface area (Å²) in [6.45, 7) is 2.84. The minimum atomic E-state index is 0.0636. The van der Waals surface area contributed by atoms with Crippen molar-refractivity contribution < 1.29 is 4.79 Å². The van der Waals surface area contributed by atoms with Gasteiger partial charge in [0, 0.05) is 23.7 Å². The molecule has 0 saturated carbocycles. The number of amides is 1. The number of benzene rings is 1. The lowest BCUT2D eigenvalue weighted by Gasteiger charge is -2.13. The average Bonchev–Trinajstić information content (AvgIpc) is 2.51. The zero-order chi connectivity index (χ0) is 15.1. The fourth-order valence-corrected chi connectivity index (χ4v) is 2.50. The zero-order valence-corrected chi connectivity index (χ0v) is 12.5. The number of anilines is 1. The molecule has 0 saturated heterocycles. The van der Waals surface area contributed by atoms with E-state index in [0.717, 1.165) is 35.9 Å². The number of carbonyl (C=O) groups excluding carboxylic acids is 1. The van der Waals surface area contributed by atoms with Gasteiger partial charge in [-0.3, -0.25) is 9.78 Å². The molecule has 0 fully saturated rings. The van der Waals surface area contributed by atoms with Crippen LogP contribution in [0.25, 0.3) is 10.9 Å². The van der Waals surface area contributed by atoms with Gasteiger partial charge in [-0.25, -0.2) is 0 Å². The SMILES string of the molecule is CCC(CCN)CCC(=O)Nc1ccc2ncccc2c1. The normalized spacial score (nSPS) is 12.3. The van der Waals surface area contributed by atoms with Crippen molar-refractivity contribution in [2.24, 2.45) is 11.7 Å². The summed E-state index contributed by atoms with van der Waals surface area (Å²) in [6.07, 6.45) is 5.28. The Bertz CT molecular complexity index is 597. The molecule has 1 aromatic heterocycles. The molecular weight excluding hydrogens is 262 g/mol. The Morgan fingerprint density at radius 1 is 1.33 bits per heavy atom. The van der Waals surface area contributed by atoms with Gasteiger partial charge in [0.15, 0.2) is 0 Å². The maximum Gasteiger partial charge on any atom is 0.224 e. The summed E-state index contributed by atoms with van der Waals surface area (Å²) in [4.78, 5) is 16.3. The predicted molar refractivity (Wildman–Crippen MR) is 87.1 cm³/mol. The number of nitrogens with one attached hydrogen (secondary N) is 1. The largest absolute Gasteiger partial charge is 0.330 e. The van der Waals surface area contributed by atoms with E-state index in [0.29, 0.717) is 18.9 Å². The monoisotopic (exact) mass is 285 g/mol. The Balaban J connectivity index is 1.91. The molecule has 0 spiro atoms. The molecule has 3 N–H and O–H groups in total. The second-order valence-corrected chi connectivity index (χ2v) is 5.35. The molecule has 2 aromatic rings. The number of rotatable bonds is 7. The average molecular weight is 285 g/mol. The van der Waals surface area contributed by atoms with E-state index in [2.05, 4.69) is 17.2 Å². The maximum absolute atomic E-state index is 12.0. The second kappa shape index (κ2) is 7.74. The van der Waals surface area contributed by atoms with Gasteiger partial charge in [0.25, 0.3) is 0 Å². The molecular formula is C17H23N3O. The molecule has 0 radical (unpaired) electrons. The van der Waals surface area contributed by atoms with Gasteiger partial charge in [0.1, 0.15) is 0 Å². The number of nitrogens with zero attached hydrogens (tertiary/aromatic N) is 1. The summed E-state index contributed by atoms with van der Waals surface area (Å²) in [5.41, 5.74) is 7.34. The van der Waals surface area contributed by atoms with E-state index < -0.39 is 0 Å². The zero-order valence-electron chi connectivity index (χ0n) is 12.5. The fourth-order valence-electron chi connectivity index (χ4n) is 2.50. The van der Waals surface area contributed by atoms with Crippen molar-refractivity contribution in [1.29, 1.82) is 0 Å². The van der Waals surface area contributed by atoms with Crippen molar-refractivity contribution in [2.45, 2.75) is 32.6 Å². The standard InChI is InChI=1S/C17H23N3O/c1-2-13(9-10-18)5-8-17(21)20-15-6-7-16-14(12-15)4-3-11-19-16/h3-4,6-7,11-13H,2,5,8-10,18H2,1H3,(H,20,21). The topological polar surface area (TPSA) is 68.0 Å². The van der Waals surface area contributed by atoms with E-state index in [1.807, 2.05) is 30.3 Å². The molecule has 1 unspecified atom stereocenters. The van der Waals surface area contributed by atoms with Crippen LogP contribution in [0.2, 0.25) is 0 Å². The van der Waals surface area contributed by atoms with Crippen molar-refractivity contribution >= 4 is 22.5 Å². The summed E-state index contributed by atoms with van der Waals surface area (Å²) in [5.74, 6) is 0.607. The Labute approximate surface area is 125 Å². The first-order valence-corrected chi connectivity index (χ1v) is 7.57. The summed E-state index contributed by atoms with van der Waals surface area (Å²) in [6, 6.07) is 9.66. The fraction of sp³-hybridized carbons (Fsp3) is 0.412. The van der Waals surface area contributed by atoms with Gasteiger partial charge in [-0.15, -0.1) is 0 Å². The number of aromatic nitrogens is 1. The molecule has 2 rings (SSSR count). The highest BCUT2D eigenvalue weighted by Gasteiger charge is 2.09. The van der Waals surface area contributed by atoms with E-state index in [1.165, 1.54) is 0 Å². The molecule has 0 bridgehead atoms. The van der Waals surface area contributed by atoms with Gasteiger partial charge in [-0.1, -0.05) is 19.4 Å². The highest BCUT2D eigenvalue weighted by molar-refractivity contribution is 5.93. The third-order valence-electron chi connectivity index (χ3n) is 3.82. The van der Waals surface area contributed by atoms with E-state index in [1.54, 1.807) is 6.20 Å². The first kappa shape index (κ1) is 15.4. The maximum atomic E-state index is 12.0. The molecule has 1 amide bonds. The lowest BCUT2D eigenvalue weighted by Crippen LogP contribution is -2.15. The number of carbonyl (C=O) groups is 1. The second-order valence-electron chi connectivity index (χ2n) is 5.35. The number of nitrogens with two attached hydrogens (primary N) is 1. The molecule has 0 aliphatic carbocycles. The van der Waals surface area contributed by atoms with Crippen LogP contribution in [0.4, 0.5) is 5.69 Å². The van der Waals surface area contributed by atoms with Gasteiger partial charge < -0.3 is 11.1 Å². The number of pyridine rings is 1. The van der Waals surface area contributed by atoms with E-state index >= 15 is 0 Å². The van der Waals surface area contributed by atoms with E-state index in [-0.39, 0.29) is 5.91 Å². The van der Waals surface area contributed by atoms with E-state index in [9.17, 15) is 4.79 Å². The quantitative estimate of drug-likeness (QED) is 0.820. The molecule has 4 heteroatoms. The van der Waals surface area contributed by atoms with Crippen LogP contribution in [-0.2, 0) is 4.79 Å².